The fourth-order valence-electron chi connectivity index (χ4n) is 2.40. The van der Waals surface area contributed by atoms with Crippen molar-refractivity contribution >= 4 is 23.3 Å². The molecule has 6 nitrogen and oxygen atoms in total. The van der Waals surface area contributed by atoms with E-state index in [1.165, 1.54) is 24.3 Å². The predicted octanol–water partition coefficient (Wildman–Crippen LogP) is 4.32. The summed E-state index contributed by atoms with van der Waals surface area (Å²) in [7, 11) is 0. The van der Waals surface area contributed by atoms with Crippen LogP contribution in [0.5, 0.6) is 5.75 Å². The van der Waals surface area contributed by atoms with Crippen molar-refractivity contribution in [1.82, 2.24) is 0 Å². The molecule has 0 amide bonds. The summed E-state index contributed by atoms with van der Waals surface area (Å²) in [5, 5.41) is 20.4. The Kier molecular flexibility index (Phi) is 5.89. The molecular formula is C19H19NO5. The van der Waals surface area contributed by atoms with Gasteiger partial charge in [0.15, 0.2) is 0 Å². The summed E-state index contributed by atoms with van der Waals surface area (Å²) in [5.74, 6) is -0.417. The van der Waals surface area contributed by atoms with Crippen molar-refractivity contribution < 1.29 is 19.6 Å². The summed E-state index contributed by atoms with van der Waals surface area (Å²) < 4.78 is 5.55. The normalized spacial score (nSPS) is 11.2. The molecule has 0 aliphatic heterocycles. The second kappa shape index (κ2) is 8.10. The van der Waals surface area contributed by atoms with Crippen LogP contribution in [0.4, 0.5) is 5.69 Å². The SMILES string of the molecule is CCCOc1ccc(/C(=C/c2cccc([N+](=O)[O-])c2)C(=O)O)c(C)c1. The molecule has 0 radical (unpaired) electrons. The highest BCUT2D eigenvalue weighted by Gasteiger charge is 2.15. The molecule has 0 saturated carbocycles. The largest absolute Gasteiger partial charge is 0.494 e. The highest BCUT2D eigenvalue weighted by molar-refractivity contribution is 6.21. The summed E-state index contributed by atoms with van der Waals surface area (Å²) >= 11 is 0. The van der Waals surface area contributed by atoms with Gasteiger partial charge in [-0.15, -0.1) is 0 Å². The molecule has 0 aromatic heterocycles. The first kappa shape index (κ1) is 18.2. The number of ether oxygens (including phenoxy) is 1. The van der Waals surface area contributed by atoms with E-state index in [-0.39, 0.29) is 11.3 Å². The van der Waals surface area contributed by atoms with E-state index in [1.54, 1.807) is 31.2 Å². The molecular weight excluding hydrogens is 322 g/mol. The molecule has 0 fully saturated rings. The van der Waals surface area contributed by atoms with Gasteiger partial charge in [-0.2, -0.15) is 0 Å². The zero-order valence-electron chi connectivity index (χ0n) is 14.1. The quantitative estimate of drug-likeness (QED) is 0.351. The van der Waals surface area contributed by atoms with Crippen LogP contribution in [0.15, 0.2) is 42.5 Å². The fraction of sp³-hybridized carbons (Fsp3) is 0.211. The summed E-state index contributed by atoms with van der Waals surface area (Å²) in [6.07, 6.45) is 2.32. The maximum Gasteiger partial charge on any atom is 0.336 e. The van der Waals surface area contributed by atoms with E-state index in [9.17, 15) is 20.0 Å². The van der Waals surface area contributed by atoms with Gasteiger partial charge < -0.3 is 9.84 Å². The number of nitro groups is 1. The van der Waals surface area contributed by atoms with Crippen LogP contribution in [0.3, 0.4) is 0 Å². The molecule has 2 rings (SSSR count). The van der Waals surface area contributed by atoms with Crippen LogP contribution in [0, 0.1) is 17.0 Å². The summed E-state index contributed by atoms with van der Waals surface area (Å²) in [6.45, 7) is 4.40. The highest BCUT2D eigenvalue weighted by atomic mass is 16.6. The number of aliphatic carboxylic acids is 1. The zero-order chi connectivity index (χ0) is 18.4. The molecule has 0 spiro atoms. The molecule has 0 saturated heterocycles. The Labute approximate surface area is 145 Å². The van der Waals surface area contributed by atoms with Crippen LogP contribution < -0.4 is 4.74 Å². The lowest BCUT2D eigenvalue weighted by Gasteiger charge is -2.10. The molecule has 0 aliphatic rings. The lowest BCUT2D eigenvalue weighted by molar-refractivity contribution is -0.384. The third kappa shape index (κ3) is 4.67. The molecule has 2 aromatic rings. The van der Waals surface area contributed by atoms with Crippen LogP contribution in [0.25, 0.3) is 11.6 Å². The summed E-state index contributed by atoms with van der Waals surface area (Å²) in [4.78, 5) is 22.1. The monoisotopic (exact) mass is 341 g/mol. The minimum atomic E-state index is -1.10. The fourth-order valence-corrected chi connectivity index (χ4v) is 2.40. The molecule has 0 atom stereocenters. The van der Waals surface area contributed by atoms with Crippen LogP contribution in [0.2, 0.25) is 0 Å². The van der Waals surface area contributed by atoms with Crippen molar-refractivity contribution in [3.8, 4) is 5.75 Å². The van der Waals surface area contributed by atoms with Crippen LogP contribution in [-0.2, 0) is 4.79 Å². The Hall–Kier alpha value is -3.15. The third-order valence-corrected chi connectivity index (χ3v) is 3.58. The number of hydrogen-bond acceptors (Lipinski definition) is 4. The van der Waals surface area contributed by atoms with Gasteiger partial charge in [0.2, 0.25) is 0 Å². The predicted molar refractivity (Wildman–Crippen MR) is 95.6 cm³/mol. The second-order valence-electron chi connectivity index (χ2n) is 5.54. The van der Waals surface area contributed by atoms with Crippen LogP contribution in [-0.4, -0.2) is 22.6 Å². The number of carbonyl (C=O) groups is 1. The molecule has 25 heavy (non-hydrogen) atoms. The van der Waals surface area contributed by atoms with Gasteiger partial charge in [-0.1, -0.05) is 25.1 Å². The average molecular weight is 341 g/mol. The summed E-state index contributed by atoms with van der Waals surface area (Å²) in [6, 6.07) is 11.1. The highest BCUT2D eigenvalue weighted by Crippen LogP contribution is 2.26. The van der Waals surface area contributed by atoms with E-state index < -0.39 is 10.9 Å². The first-order valence-electron chi connectivity index (χ1n) is 7.85. The van der Waals surface area contributed by atoms with Gasteiger partial charge in [-0.25, -0.2) is 4.79 Å². The second-order valence-corrected chi connectivity index (χ2v) is 5.54. The minimum Gasteiger partial charge on any atom is -0.494 e. The van der Waals surface area contributed by atoms with Crippen molar-refractivity contribution in [1.29, 1.82) is 0 Å². The molecule has 0 unspecified atom stereocenters. The number of carboxylic acids is 1. The Balaban J connectivity index is 2.43. The maximum absolute atomic E-state index is 11.7. The number of aryl methyl sites for hydroxylation is 1. The first-order valence-corrected chi connectivity index (χ1v) is 7.85. The number of benzene rings is 2. The van der Waals surface area contributed by atoms with Crippen LogP contribution in [0.1, 0.15) is 30.0 Å². The van der Waals surface area contributed by atoms with Gasteiger partial charge in [0.1, 0.15) is 5.75 Å². The van der Waals surface area contributed by atoms with Crippen molar-refractivity contribution in [3.05, 3.63) is 69.3 Å². The van der Waals surface area contributed by atoms with Gasteiger partial charge in [0.05, 0.1) is 17.1 Å². The van der Waals surface area contributed by atoms with Gasteiger partial charge in [-0.05, 0) is 48.2 Å². The Morgan fingerprint density at radius 3 is 2.64 bits per heavy atom. The maximum atomic E-state index is 11.7. The lowest BCUT2D eigenvalue weighted by Crippen LogP contribution is -2.03. The number of non-ortho nitro benzene ring substituents is 1. The number of carboxylic acid groups (broad SMARTS) is 1. The van der Waals surface area contributed by atoms with Gasteiger partial charge >= 0.3 is 5.97 Å². The van der Waals surface area contributed by atoms with E-state index in [1.807, 2.05) is 6.92 Å². The lowest BCUT2D eigenvalue weighted by atomic mass is 9.98. The molecule has 0 bridgehead atoms. The molecule has 0 heterocycles. The molecule has 6 heteroatoms. The van der Waals surface area contributed by atoms with Crippen LogP contribution >= 0.6 is 0 Å². The van der Waals surface area contributed by atoms with E-state index in [4.69, 9.17) is 4.74 Å². The molecule has 1 N–H and O–H groups in total. The van der Waals surface area contributed by atoms with Gasteiger partial charge in [0.25, 0.3) is 5.69 Å². The van der Waals surface area contributed by atoms with Crippen molar-refractivity contribution in [3.63, 3.8) is 0 Å². The first-order chi connectivity index (χ1) is 11.9. The molecule has 130 valence electrons. The number of nitro benzene ring substituents is 1. The Morgan fingerprint density at radius 2 is 2.04 bits per heavy atom. The van der Waals surface area contributed by atoms with E-state index in [0.29, 0.717) is 23.5 Å². The number of rotatable bonds is 7. The average Bonchev–Trinajstić information content (AvgIpc) is 2.58. The van der Waals surface area contributed by atoms with Gasteiger partial charge in [-0.3, -0.25) is 10.1 Å². The van der Waals surface area contributed by atoms with Crippen molar-refractivity contribution in [2.45, 2.75) is 20.3 Å². The Morgan fingerprint density at radius 1 is 1.28 bits per heavy atom. The molecule has 0 aliphatic carbocycles. The number of hydrogen-bond donors (Lipinski definition) is 1. The van der Waals surface area contributed by atoms with E-state index in [2.05, 4.69) is 0 Å². The third-order valence-electron chi connectivity index (χ3n) is 3.58. The topological polar surface area (TPSA) is 89.7 Å². The standard InChI is InChI=1S/C19H19NO5/c1-3-9-25-16-7-8-17(13(2)10-16)18(19(21)22)12-14-5-4-6-15(11-14)20(23)24/h4-8,10-12H,3,9H2,1-2H3,(H,21,22)/b18-12-. The zero-order valence-corrected chi connectivity index (χ0v) is 14.1. The van der Waals surface area contributed by atoms with Gasteiger partial charge in [0, 0.05) is 12.1 Å². The summed E-state index contributed by atoms with van der Waals surface area (Å²) in [5.41, 5.74) is 1.74. The van der Waals surface area contributed by atoms with E-state index in [0.717, 1.165) is 12.0 Å². The minimum absolute atomic E-state index is 0.0695. The van der Waals surface area contributed by atoms with E-state index >= 15 is 0 Å². The number of nitrogens with zero attached hydrogens (tertiary/aromatic N) is 1. The Bertz CT molecular complexity index is 826. The van der Waals surface area contributed by atoms with Crippen molar-refractivity contribution in [2.75, 3.05) is 6.61 Å². The molecule has 2 aromatic carbocycles. The smallest absolute Gasteiger partial charge is 0.336 e. The van der Waals surface area contributed by atoms with Crippen molar-refractivity contribution in [2.24, 2.45) is 0 Å².